The summed E-state index contributed by atoms with van der Waals surface area (Å²) in [7, 11) is 2.90. The molecule has 0 saturated carbocycles. The predicted octanol–water partition coefficient (Wildman–Crippen LogP) is 5.49. The molecule has 0 aliphatic heterocycles. The van der Waals surface area contributed by atoms with Gasteiger partial charge in [-0.3, -0.25) is 9.59 Å². The van der Waals surface area contributed by atoms with Gasteiger partial charge < -0.3 is 24.3 Å². The Balaban J connectivity index is 2.40. The minimum absolute atomic E-state index is 0.135. The van der Waals surface area contributed by atoms with Crippen molar-refractivity contribution < 1.29 is 28.5 Å². The first-order valence-corrected chi connectivity index (χ1v) is 10.7. The fraction of sp³-hybridized carbons (Fsp3) is 0.364. The number of ether oxygens (including phenoxy) is 4. The predicted molar refractivity (Wildman–Crippen MR) is 126 cm³/mol. The van der Waals surface area contributed by atoms with E-state index in [1.807, 2.05) is 0 Å². The summed E-state index contributed by atoms with van der Waals surface area (Å²) in [5.74, 6) is 0.0869. The van der Waals surface area contributed by atoms with E-state index in [1.54, 1.807) is 32.0 Å². The molecule has 0 spiro atoms. The van der Waals surface area contributed by atoms with Crippen molar-refractivity contribution in [3.8, 4) is 23.0 Å². The Bertz CT molecular complexity index is 1050. The normalized spacial score (nSPS) is 11.7. The van der Waals surface area contributed by atoms with Crippen LogP contribution in [0.4, 0.5) is 11.4 Å². The summed E-state index contributed by atoms with van der Waals surface area (Å²) < 4.78 is 21.4. The summed E-state index contributed by atoms with van der Waals surface area (Å²) in [6.45, 7) is 5.51. The maximum absolute atomic E-state index is 13.0. The van der Waals surface area contributed by atoms with Crippen molar-refractivity contribution in [3.05, 3.63) is 34.3 Å². The molecule has 1 unspecified atom stereocenters. The van der Waals surface area contributed by atoms with E-state index in [0.29, 0.717) is 36.2 Å². The first kappa shape index (κ1) is 26.2. The van der Waals surface area contributed by atoms with Gasteiger partial charge in [0, 0.05) is 12.1 Å². The first-order valence-electron chi connectivity index (χ1n) is 9.99. The lowest BCUT2D eigenvalue weighted by atomic mass is 10.2. The zero-order chi connectivity index (χ0) is 24.5. The molecule has 0 aromatic heterocycles. The Morgan fingerprint density at radius 2 is 1.61 bits per heavy atom. The molecule has 0 aliphatic carbocycles. The highest BCUT2D eigenvalue weighted by Gasteiger charge is 2.26. The van der Waals surface area contributed by atoms with Gasteiger partial charge in [-0.15, -0.1) is 0 Å². The molecule has 9 nitrogen and oxygen atoms in total. The van der Waals surface area contributed by atoms with Crippen LogP contribution in [0, 0.1) is 0 Å². The lowest BCUT2D eigenvalue weighted by molar-refractivity contribution is -0.126. The quantitative estimate of drug-likeness (QED) is 0.324. The molecule has 2 rings (SSSR count). The molecule has 0 heterocycles. The molecular weight excluding hydrogens is 473 g/mol. The average Bonchev–Trinajstić information content (AvgIpc) is 2.79. The second-order valence-electron chi connectivity index (χ2n) is 6.50. The Morgan fingerprint density at radius 3 is 2.18 bits per heavy atom. The molecule has 0 fully saturated rings. The molecule has 1 atom stereocenters. The van der Waals surface area contributed by atoms with E-state index in [0.717, 1.165) is 0 Å². The molecule has 178 valence electrons. The van der Waals surface area contributed by atoms with Gasteiger partial charge in [-0.2, -0.15) is 10.2 Å². The summed E-state index contributed by atoms with van der Waals surface area (Å²) in [5.41, 5.74) is 0.329. The van der Waals surface area contributed by atoms with Crippen molar-refractivity contribution in [3.63, 3.8) is 0 Å². The number of carbonyl (C=O) groups is 2. The summed E-state index contributed by atoms with van der Waals surface area (Å²) in [5, 5.41) is 10.8. The van der Waals surface area contributed by atoms with Crippen molar-refractivity contribution >= 4 is 46.3 Å². The minimum atomic E-state index is -1.47. The number of ketones is 1. The number of amides is 1. The van der Waals surface area contributed by atoms with Gasteiger partial charge in [0.1, 0.15) is 44.4 Å². The third-order valence-electron chi connectivity index (χ3n) is 4.28. The summed E-state index contributed by atoms with van der Waals surface area (Å²) in [6, 6.07) is 4.84. The van der Waals surface area contributed by atoms with Gasteiger partial charge in [0.15, 0.2) is 5.78 Å². The third kappa shape index (κ3) is 6.49. The zero-order valence-corrected chi connectivity index (χ0v) is 20.4. The molecule has 33 heavy (non-hydrogen) atoms. The fourth-order valence-corrected chi connectivity index (χ4v) is 3.21. The minimum Gasteiger partial charge on any atom is -0.497 e. The van der Waals surface area contributed by atoms with E-state index in [2.05, 4.69) is 15.5 Å². The Labute approximate surface area is 202 Å². The van der Waals surface area contributed by atoms with E-state index in [9.17, 15) is 9.59 Å². The van der Waals surface area contributed by atoms with Gasteiger partial charge in [-0.25, -0.2) is 0 Å². The van der Waals surface area contributed by atoms with Crippen LogP contribution in [-0.4, -0.2) is 45.2 Å². The zero-order valence-electron chi connectivity index (χ0n) is 18.9. The second kappa shape index (κ2) is 12.3. The van der Waals surface area contributed by atoms with E-state index >= 15 is 0 Å². The summed E-state index contributed by atoms with van der Waals surface area (Å²) in [4.78, 5) is 25.2. The van der Waals surface area contributed by atoms with Gasteiger partial charge in [0.05, 0.1) is 27.4 Å². The number of nitrogens with zero attached hydrogens (tertiary/aromatic N) is 2. The number of rotatable bonds is 11. The van der Waals surface area contributed by atoms with E-state index in [4.69, 9.17) is 42.1 Å². The number of azo groups is 1. The smallest absolute Gasteiger partial charge is 0.258 e. The number of carbonyl (C=O) groups excluding carboxylic acids is 2. The maximum Gasteiger partial charge on any atom is 0.258 e. The number of methoxy groups -OCH3 is 2. The molecule has 1 N–H and O–H groups in total. The number of halogens is 2. The molecule has 11 heteroatoms. The first-order chi connectivity index (χ1) is 15.8. The Kier molecular flexibility index (Phi) is 9.74. The Hall–Kier alpha value is -3.04. The molecule has 0 saturated heterocycles. The summed E-state index contributed by atoms with van der Waals surface area (Å²) >= 11 is 12.7. The highest BCUT2D eigenvalue weighted by molar-refractivity contribution is 6.36. The van der Waals surface area contributed by atoms with Crippen molar-refractivity contribution in [2.75, 3.05) is 32.8 Å². The van der Waals surface area contributed by atoms with Crippen LogP contribution in [0.2, 0.25) is 10.0 Å². The number of Topliss-reactive ketones (excluding diaryl/α,β-unsaturated/α-hetero) is 1. The highest BCUT2D eigenvalue weighted by atomic mass is 35.5. The maximum atomic E-state index is 13.0. The number of anilines is 1. The molecule has 0 bridgehead atoms. The van der Waals surface area contributed by atoms with Crippen molar-refractivity contribution in [1.29, 1.82) is 0 Å². The van der Waals surface area contributed by atoms with Gasteiger partial charge >= 0.3 is 0 Å². The monoisotopic (exact) mass is 497 g/mol. The van der Waals surface area contributed by atoms with Crippen LogP contribution in [0.1, 0.15) is 20.8 Å². The topological polar surface area (TPSA) is 108 Å². The summed E-state index contributed by atoms with van der Waals surface area (Å²) in [6.07, 6.45) is 0. The fourth-order valence-electron chi connectivity index (χ4n) is 2.73. The van der Waals surface area contributed by atoms with Crippen LogP contribution in [0.3, 0.4) is 0 Å². The van der Waals surface area contributed by atoms with Crippen molar-refractivity contribution in [1.82, 2.24) is 0 Å². The van der Waals surface area contributed by atoms with E-state index in [-0.39, 0.29) is 21.4 Å². The molecule has 2 aromatic rings. The number of benzene rings is 2. The van der Waals surface area contributed by atoms with E-state index in [1.165, 1.54) is 27.2 Å². The van der Waals surface area contributed by atoms with Gasteiger partial charge in [0.2, 0.25) is 6.04 Å². The van der Waals surface area contributed by atoms with Crippen LogP contribution in [0.15, 0.2) is 34.5 Å². The van der Waals surface area contributed by atoms with Gasteiger partial charge in [-0.1, -0.05) is 23.2 Å². The molecule has 1 amide bonds. The van der Waals surface area contributed by atoms with Crippen LogP contribution < -0.4 is 24.3 Å². The van der Waals surface area contributed by atoms with Crippen LogP contribution in [-0.2, 0) is 9.59 Å². The molecule has 2 aromatic carbocycles. The Morgan fingerprint density at radius 1 is 0.970 bits per heavy atom. The van der Waals surface area contributed by atoms with Gasteiger partial charge in [-0.05, 0) is 32.9 Å². The van der Waals surface area contributed by atoms with Crippen molar-refractivity contribution in [2.45, 2.75) is 26.8 Å². The van der Waals surface area contributed by atoms with Crippen LogP contribution in [0.5, 0.6) is 23.0 Å². The lowest BCUT2D eigenvalue weighted by Gasteiger charge is -2.17. The largest absolute Gasteiger partial charge is 0.497 e. The molecule has 0 radical (unpaired) electrons. The number of nitrogens with one attached hydrogen (secondary N) is 1. The number of hydrogen-bond acceptors (Lipinski definition) is 8. The second-order valence-corrected chi connectivity index (χ2v) is 7.25. The highest BCUT2D eigenvalue weighted by Crippen LogP contribution is 2.40. The van der Waals surface area contributed by atoms with Crippen LogP contribution >= 0.6 is 23.2 Å². The van der Waals surface area contributed by atoms with Crippen molar-refractivity contribution in [2.24, 2.45) is 10.2 Å². The van der Waals surface area contributed by atoms with E-state index < -0.39 is 17.7 Å². The number of hydrogen-bond donors (Lipinski definition) is 1. The third-order valence-corrected chi connectivity index (χ3v) is 5.03. The van der Waals surface area contributed by atoms with Crippen LogP contribution in [0.25, 0.3) is 0 Å². The van der Waals surface area contributed by atoms with Gasteiger partial charge in [0.25, 0.3) is 5.91 Å². The molecular formula is C22H25Cl2N3O6. The lowest BCUT2D eigenvalue weighted by Crippen LogP contribution is -2.32. The average molecular weight is 498 g/mol. The molecule has 0 aliphatic rings. The SMILES string of the molecule is CCOc1ccc(OCC)c(NC(=O)C(N=Nc2cc(OC)cc(OC)c2Cl)C(C)=O)c1Cl. The standard InChI is InChI=1S/C22H25Cl2N3O6/c1-6-32-15-8-9-16(33-7-2)21(19(15)24)25-22(29)20(12(3)28)27-26-14-10-13(30-4)11-17(31-5)18(14)23/h8-11,20H,6-7H2,1-5H3,(H,25,29).